The molecule has 1 amide bonds. The lowest BCUT2D eigenvalue weighted by Gasteiger charge is -2.44. The predicted octanol–water partition coefficient (Wildman–Crippen LogP) is 5.45. The van der Waals surface area contributed by atoms with Crippen molar-refractivity contribution in [2.45, 2.75) is 96.9 Å². The summed E-state index contributed by atoms with van der Waals surface area (Å²) in [7, 11) is 0. The van der Waals surface area contributed by atoms with Gasteiger partial charge in [-0.25, -0.2) is 10.3 Å². The molecule has 2 fully saturated rings. The van der Waals surface area contributed by atoms with Gasteiger partial charge in [0.2, 0.25) is 0 Å². The van der Waals surface area contributed by atoms with Crippen LogP contribution in [0.5, 0.6) is 0 Å². The molecule has 200 valence electrons. The Morgan fingerprint density at radius 1 is 1.06 bits per heavy atom. The van der Waals surface area contributed by atoms with Crippen LogP contribution in [-0.4, -0.2) is 35.4 Å². The highest BCUT2D eigenvalue weighted by atomic mass is 16.8. The number of hydrogen-bond donors (Lipinski definition) is 3. The molecule has 0 spiro atoms. The second kappa shape index (κ2) is 13.9. The molecule has 7 heteroatoms. The molecule has 2 atom stereocenters. The van der Waals surface area contributed by atoms with Crippen molar-refractivity contribution in [2.24, 2.45) is 17.8 Å². The van der Waals surface area contributed by atoms with Crippen LogP contribution >= 0.6 is 0 Å². The third-order valence-electron chi connectivity index (χ3n) is 7.56. The van der Waals surface area contributed by atoms with Gasteiger partial charge in [-0.05, 0) is 67.6 Å². The zero-order valence-corrected chi connectivity index (χ0v) is 22.1. The van der Waals surface area contributed by atoms with Gasteiger partial charge in [-0.1, -0.05) is 70.2 Å². The van der Waals surface area contributed by atoms with Crippen LogP contribution in [0.15, 0.2) is 30.3 Å². The van der Waals surface area contributed by atoms with Crippen molar-refractivity contribution in [3.05, 3.63) is 41.5 Å². The molecule has 0 saturated heterocycles. The number of hydroxylamine groups is 1. The molecular weight excluding hydrogens is 456 g/mol. The molecular formula is C29H44N2O5. The number of carboxylic acid groups (broad SMARTS) is 1. The molecule has 3 rings (SSSR count). The summed E-state index contributed by atoms with van der Waals surface area (Å²) in [6, 6.07) is 7.86. The fourth-order valence-electron chi connectivity index (χ4n) is 5.75. The Morgan fingerprint density at radius 3 is 2.31 bits per heavy atom. The van der Waals surface area contributed by atoms with Gasteiger partial charge in [0.1, 0.15) is 5.54 Å². The van der Waals surface area contributed by atoms with E-state index in [0.29, 0.717) is 19.1 Å². The average molecular weight is 501 g/mol. The van der Waals surface area contributed by atoms with E-state index in [-0.39, 0.29) is 17.7 Å². The van der Waals surface area contributed by atoms with Crippen LogP contribution in [0.4, 0.5) is 0 Å². The Labute approximate surface area is 216 Å². The monoisotopic (exact) mass is 500 g/mol. The fraction of sp³-hybridized carbons (Fsp3) is 0.655. The number of carbonyl (C=O) groups excluding carboxylic acids is 1. The molecule has 36 heavy (non-hydrogen) atoms. The Kier molecular flexibility index (Phi) is 11.0. The van der Waals surface area contributed by atoms with Crippen molar-refractivity contribution >= 4 is 18.0 Å². The van der Waals surface area contributed by atoms with E-state index in [2.05, 4.69) is 10.8 Å². The van der Waals surface area contributed by atoms with Gasteiger partial charge in [-0.15, -0.1) is 0 Å². The van der Waals surface area contributed by atoms with Crippen molar-refractivity contribution in [1.29, 1.82) is 0 Å². The molecule has 7 nitrogen and oxygen atoms in total. The number of rotatable bonds is 13. The van der Waals surface area contributed by atoms with Gasteiger partial charge in [-0.3, -0.25) is 14.9 Å². The minimum Gasteiger partial charge on any atom is -0.480 e. The second-order valence-corrected chi connectivity index (χ2v) is 10.8. The number of carboxylic acids is 1. The highest BCUT2D eigenvalue weighted by Crippen LogP contribution is 2.44. The summed E-state index contributed by atoms with van der Waals surface area (Å²) in [5, 5.41) is 14.1. The van der Waals surface area contributed by atoms with Crippen molar-refractivity contribution in [3.63, 3.8) is 0 Å². The number of carbonyl (C=O) groups is 2. The molecule has 0 radical (unpaired) electrons. The maximum atomic E-state index is 12.8. The van der Waals surface area contributed by atoms with Gasteiger partial charge >= 0.3 is 5.97 Å². The normalized spacial score (nSPS) is 20.0. The van der Waals surface area contributed by atoms with Gasteiger partial charge in [0.15, 0.2) is 6.29 Å². The van der Waals surface area contributed by atoms with Crippen LogP contribution in [0.3, 0.4) is 0 Å². The molecule has 2 aliphatic rings. The first-order valence-electron chi connectivity index (χ1n) is 13.6. The van der Waals surface area contributed by atoms with E-state index < -0.39 is 17.8 Å². The molecule has 0 heterocycles. The fourth-order valence-corrected chi connectivity index (χ4v) is 5.75. The van der Waals surface area contributed by atoms with E-state index in [4.69, 9.17) is 9.57 Å². The Hall–Kier alpha value is -2.22. The SMILES string of the molecule is CC(C)COC(C)ONC(=O)C=Cc1cccc(CN[C@](C(=O)O)(C2CCCCC2)C2CCCC2)c1. The highest BCUT2D eigenvalue weighted by molar-refractivity contribution is 5.91. The average Bonchev–Trinajstić information content (AvgIpc) is 3.41. The van der Waals surface area contributed by atoms with Crippen LogP contribution in [-0.2, 0) is 25.7 Å². The summed E-state index contributed by atoms with van der Waals surface area (Å²) >= 11 is 0. The Bertz CT molecular complexity index is 874. The second-order valence-electron chi connectivity index (χ2n) is 10.8. The van der Waals surface area contributed by atoms with E-state index >= 15 is 0 Å². The van der Waals surface area contributed by atoms with Gasteiger partial charge < -0.3 is 9.84 Å². The summed E-state index contributed by atoms with van der Waals surface area (Å²) in [6.07, 6.45) is 12.2. The molecule has 0 aromatic heterocycles. The van der Waals surface area contributed by atoms with Gasteiger partial charge in [0.05, 0.1) is 6.61 Å². The van der Waals surface area contributed by atoms with Crippen molar-refractivity contribution in [2.75, 3.05) is 6.61 Å². The first kappa shape index (κ1) is 28.4. The van der Waals surface area contributed by atoms with E-state index in [1.807, 2.05) is 38.1 Å². The van der Waals surface area contributed by atoms with E-state index in [1.165, 1.54) is 12.5 Å². The number of ether oxygens (including phenoxy) is 1. The van der Waals surface area contributed by atoms with Crippen molar-refractivity contribution in [3.8, 4) is 0 Å². The lowest BCUT2D eigenvalue weighted by atomic mass is 9.67. The van der Waals surface area contributed by atoms with Gasteiger partial charge in [0, 0.05) is 12.6 Å². The molecule has 2 aliphatic carbocycles. The predicted molar refractivity (Wildman–Crippen MR) is 141 cm³/mol. The summed E-state index contributed by atoms with van der Waals surface area (Å²) in [5.41, 5.74) is 3.39. The summed E-state index contributed by atoms with van der Waals surface area (Å²) in [4.78, 5) is 30.2. The molecule has 0 aliphatic heterocycles. The molecule has 3 N–H and O–H groups in total. The minimum absolute atomic E-state index is 0.172. The molecule has 0 bridgehead atoms. The maximum absolute atomic E-state index is 12.8. The van der Waals surface area contributed by atoms with Crippen LogP contribution < -0.4 is 10.8 Å². The molecule has 1 aromatic rings. The molecule has 1 unspecified atom stereocenters. The van der Waals surface area contributed by atoms with E-state index in [1.54, 1.807) is 13.0 Å². The standard InChI is InChI=1S/C29H44N2O5/c1-21(2)20-35-22(3)36-31-27(32)17-16-23-10-9-11-24(18-23)19-30-29(28(33)34,26-14-7-8-15-26)25-12-5-4-6-13-25/h9-11,16-18,21-22,25-26,30H,4-8,12-15,19-20H2,1-3H3,(H,31,32)(H,33,34)/t22?,29-/m1/s1. The Morgan fingerprint density at radius 2 is 1.69 bits per heavy atom. The van der Waals surface area contributed by atoms with Crippen molar-refractivity contribution < 1.29 is 24.3 Å². The number of aliphatic carboxylic acids is 1. The van der Waals surface area contributed by atoms with Crippen LogP contribution in [0.2, 0.25) is 0 Å². The van der Waals surface area contributed by atoms with Crippen LogP contribution in [0, 0.1) is 17.8 Å². The largest absolute Gasteiger partial charge is 0.480 e. The smallest absolute Gasteiger partial charge is 0.324 e. The van der Waals surface area contributed by atoms with Gasteiger partial charge in [-0.2, -0.15) is 0 Å². The lowest BCUT2D eigenvalue weighted by Crippen LogP contribution is -2.62. The van der Waals surface area contributed by atoms with Gasteiger partial charge in [0.25, 0.3) is 5.91 Å². The third-order valence-corrected chi connectivity index (χ3v) is 7.56. The number of benzene rings is 1. The number of hydrogen-bond acceptors (Lipinski definition) is 5. The van der Waals surface area contributed by atoms with E-state index in [0.717, 1.165) is 62.5 Å². The van der Waals surface area contributed by atoms with E-state index in [9.17, 15) is 14.7 Å². The summed E-state index contributed by atoms with van der Waals surface area (Å²) in [5.74, 6) is -0.334. The van der Waals surface area contributed by atoms with Crippen molar-refractivity contribution in [1.82, 2.24) is 10.8 Å². The first-order chi connectivity index (χ1) is 17.3. The minimum atomic E-state index is -0.867. The Balaban J connectivity index is 1.62. The highest BCUT2D eigenvalue weighted by Gasteiger charge is 2.51. The summed E-state index contributed by atoms with van der Waals surface area (Å²) < 4.78 is 5.47. The zero-order valence-electron chi connectivity index (χ0n) is 22.1. The quantitative estimate of drug-likeness (QED) is 0.189. The number of amides is 1. The first-order valence-corrected chi connectivity index (χ1v) is 13.6. The number of nitrogens with one attached hydrogen (secondary N) is 2. The summed E-state index contributed by atoms with van der Waals surface area (Å²) in [6.45, 7) is 6.87. The lowest BCUT2D eigenvalue weighted by molar-refractivity contribution is -0.180. The molecule has 1 aromatic carbocycles. The topological polar surface area (TPSA) is 96.9 Å². The third kappa shape index (κ3) is 7.89. The van der Waals surface area contributed by atoms with Crippen LogP contribution in [0.1, 0.15) is 89.7 Å². The molecule has 2 saturated carbocycles. The maximum Gasteiger partial charge on any atom is 0.324 e. The van der Waals surface area contributed by atoms with Crippen LogP contribution in [0.25, 0.3) is 6.08 Å². The zero-order chi connectivity index (χ0) is 26.0.